The minimum atomic E-state index is -0.505. The highest BCUT2D eigenvalue weighted by atomic mass is 79.9. The average molecular weight is 313 g/mol. The van der Waals surface area contributed by atoms with Crippen LogP contribution in [0.5, 0.6) is 0 Å². The lowest BCUT2D eigenvalue weighted by Crippen LogP contribution is -2.61. The van der Waals surface area contributed by atoms with Crippen LogP contribution in [0.3, 0.4) is 0 Å². The summed E-state index contributed by atoms with van der Waals surface area (Å²) in [7, 11) is 0. The Kier molecular flexibility index (Phi) is 3.92. The van der Waals surface area contributed by atoms with Crippen LogP contribution in [-0.4, -0.2) is 36.2 Å². The number of carbonyl (C=O) groups is 1. The SMILES string of the molecule is Cc1cc(N2C(C)CNC(=O)C2CO)ccc1Br. The van der Waals surface area contributed by atoms with Gasteiger partial charge in [-0.2, -0.15) is 0 Å². The summed E-state index contributed by atoms with van der Waals surface area (Å²) in [6, 6.07) is 5.63. The minimum absolute atomic E-state index is 0.115. The first kappa shape index (κ1) is 13.4. The molecule has 98 valence electrons. The maximum absolute atomic E-state index is 11.8. The summed E-state index contributed by atoms with van der Waals surface area (Å²) in [5.41, 5.74) is 2.08. The van der Waals surface area contributed by atoms with Crippen LogP contribution in [0.4, 0.5) is 5.69 Å². The Morgan fingerprint density at radius 1 is 1.56 bits per heavy atom. The lowest BCUT2D eigenvalue weighted by atomic mass is 10.1. The molecule has 1 amide bonds. The first-order valence-corrected chi connectivity index (χ1v) is 6.77. The first-order chi connectivity index (χ1) is 8.54. The van der Waals surface area contributed by atoms with Gasteiger partial charge in [0.1, 0.15) is 6.04 Å². The number of halogens is 1. The number of hydrogen-bond acceptors (Lipinski definition) is 3. The highest BCUT2D eigenvalue weighted by molar-refractivity contribution is 9.10. The highest BCUT2D eigenvalue weighted by Gasteiger charge is 2.33. The average Bonchev–Trinajstić information content (AvgIpc) is 2.35. The smallest absolute Gasteiger partial charge is 0.245 e. The number of benzene rings is 1. The van der Waals surface area contributed by atoms with Gasteiger partial charge in [0.15, 0.2) is 0 Å². The molecule has 0 aliphatic carbocycles. The highest BCUT2D eigenvalue weighted by Crippen LogP contribution is 2.27. The summed E-state index contributed by atoms with van der Waals surface area (Å²) >= 11 is 3.47. The van der Waals surface area contributed by atoms with Crippen molar-refractivity contribution in [3.8, 4) is 0 Å². The fourth-order valence-corrected chi connectivity index (χ4v) is 2.54. The third-order valence-electron chi connectivity index (χ3n) is 3.30. The Morgan fingerprint density at radius 2 is 2.28 bits per heavy atom. The number of aliphatic hydroxyl groups excluding tert-OH is 1. The number of aliphatic hydroxyl groups is 1. The molecule has 0 spiro atoms. The zero-order valence-electron chi connectivity index (χ0n) is 10.5. The van der Waals surface area contributed by atoms with E-state index >= 15 is 0 Å². The van der Waals surface area contributed by atoms with Crippen molar-refractivity contribution in [3.63, 3.8) is 0 Å². The third-order valence-corrected chi connectivity index (χ3v) is 4.19. The molecule has 4 nitrogen and oxygen atoms in total. The fraction of sp³-hybridized carbons (Fsp3) is 0.462. The van der Waals surface area contributed by atoms with E-state index in [1.807, 2.05) is 36.9 Å². The summed E-state index contributed by atoms with van der Waals surface area (Å²) in [6.45, 7) is 4.48. The second-order valence-electron chi connectivity index (χ2n) is 4.63. The number of anilines is 1. The molecule has 0 radical (unpaired) electrons. The van der Waals surface area contributed by atoms with Crippen LogP contribution in [-0.2, 0) is 4.79 Å². The van der Waals surface area contributed by atoms with Crippen molar-refractivity contribution in [2.24, 2.45) is 0 Å². The van der Waals surface area contributed by atoms with Gasteiger partial charge in [-0.1, -0.05) is 15.9 Å². The van der Waals surface area contributed by atoms with E-state index in [4.69, 9.17) is 0 Å². The third kappa shape index (κ3) is 2.37. The zero-order chi connectivity index (χ0) is 13.3. The van der Waals surface area contributed by atoms with E-state index in [0.29, 0.717) is 6.54 Å². The van der Waals surface area contributed by atoms with Gasteiger partial charge in [0, 0.05) is 22.7 Å². The quantitative estimate of drug-likeness (QED) is 0.869. The van der Waals surface area contributed by atoms with E-state index in [-0.39, 0.29) is 18.6 Å². The Labute approximate surface area is 115 Å². The molecule has 0 aromatic heterocycles. The van der Waals surface area contributed by atoms with E-state index < -0.39 is 6.04 Å². The number of rotatable bonds is 2. The molecule has 1 aliphatic rings. The predicted octanol–water partition coefficient (Wildman–Crippen LogP) is 1.44. The van der Waals surface area contributed by atoms with Crippen molar-refractivity contribution in [3.05, 3.63) is 28.2 Å². The van der Waals surface area contributed by atoms with Gasteiger partial charge in [-0.25, -0.2) is 0 Å². The molecular formula is C13H17BrN2O2. The normalized spacial score (nSPS) is 24.0. The van der Waals surface area contributed by atoms with Gasteiger partial charge in [-0.15, -0.1) is 0 Å². The first-order valence-electron chi connectivity index (χ1n) is 5.97. The summed E-state index contributed by atoms with van der Waals surface area (Å²) < 4.78 is 1.04. The molecule has 2 unspecified atom stereocenters. The van der Waals surface area contributed by atoms with Crippen LogP contribution in [0, 0.1) is 6.92 Å². The van der Waals surface area contributed by atoms with Crippen molar-refractivity contribution in [2.75, 3.05) is 18.1 Å². The molecule has 1 fully saturated rings. The molecule has 1 heterocycles. The summed E-state index contributed by atoms with van der Waals surface area (Å²) in [5.74, 6) is -0.115. The van der Waals surface area contributed by atoms with Crippen molar-refractivity contribution in [1.82, 2.24) is 5.32 Å². The predicted molar refractivity (Wildman–Crippen MR) is 74.7 cm³/mol. The second-order valence-corrected chi connectivity index (χ2v) is 5.49. The summed E-state index contributed by atoms with van der Waals surface area (Å²) in [4.78, 5) is 13.8. The van der Waals surface area contributed by atoms with Crippen LogP contribution in [0.15, 0.2) is 22.7 Å². The Balaban J connectivity index is 2.38. The van der Waals surface area contributed by atoms with E-state index in [0.717, 1.165) is 15.7 Å². The maximum Gasteiger partial charge on any atom is 0.245 e. The standard InChI is InChI=1S/C13H17BrN2O2/c1-8-5-10(3-4-11(8)14)16-9(2)6-15-13(18)12(16)7-17/h3-5,9,12,17H,6-7H2,1-2H3,(H,15,18). The van der Waals surface area contributed by atoms with Gasteiger partial charge >= 0.3 is 0 Å². The van der Waals surface area contributed by atoms with Gasteiger partial charge in [0.25, 0.3) is 0 Å². The van der Waals surface area contributed by atoms with Gasteiger partial charge in [-0.05, 0) is 37.6 Å². The van der Waals surface area contributed by atoms with Crippen LogP contribution >= 0.6 is 15.9 Å². The van der Waals surface area contributed by atoms with Crippen LogP contribution in [0.2, 0.25) is 0 Å². The van der Waals surface area contributed by atoms with Crippen LogP contribution in [0.25, 0.3) is 0 Å². The number of nitrogens with one attached hydrogen (secondary N) is 1. The fourth-order valence-electron chi connectivity index (χ4n) is 2.29. The molecule has 18 heavy (non-hydrogen) atoms. The largest absolute Gasteiger partial charge is 0.394 e. The lowest BCUT2D eigenvalue weighted by molar-refractivity contribution is -0.124. The van der Waals surface area contributed by atoms with E-state index in [9.17, 15) is 9.90 Å². The summed E-state index contributed by atoms with van der Waals surface area (Å²) in [6.07, 6.45) is 0. The van der Waals surface area contributed by atoms with E-state index in [2.05, 4.69) is 21.2 Å². The van der Waals surface area contributed by atoms with Crippen molar-refractivity contribution in [1.29, 1.82) is 0 Å². The molecule has 1 saturated heterocycles. The molecule has 2 atom stereocenters. The van der Waals surface area contributed by atoms with Gasteiger partial charge < -0.3 is 15.3 Å². The number of hydrogen-bond donors (Lipinski definition) is 2. The van der Waals surface area contributed by atoms with Crippen molar-refractivity contribution < 1.29 is 9.90 Å². The Bertz CT molecular complexity index is 464. The molecular weight excluding hydrogens is 296 g/mol. The molecule has 1 aromatic rings. The molecule has 2 N–H and O–H groups in total. The van der Waals surface area contributed by atoms with Crippen molar-refractivity contribution in [2.45, 2.75) is 25.9 Å². The van der Waals surface area contributed by atoms with E-state index in [1.54, 1.807) is 0 Å². The molecule has 0 saturated carbocycles. The Morgan fingerprint density at radius 3 is 2.89 bits per heavy atom. The van der Waals surface area contributed by atoms with E-state index in [1.165, 1.54) is 0 Å². The maximum atomic E-state index is 11.8. The molecule has 1 aromatic carbocycles. The van der Waals surface area contributed by atoms with Gasteiger partial charge in [0.05, 0.1) is 6.61 Å². The molecule has 0 bridgehead atoms. The van der Waals surface area contributed by atoms with Crippen LogP contribution < -0.4 is 10.2 Å². The monoisotopic (exact) mass is 312 g/mol. The number of nitrogens with zero attached hydrogens (tertiary/aromatic N) is 1. The second kappa shape index (κ2) is 5.28. The van der Waals surface area contributed by atoms with Crippen molar-refractivity contribution >= 4 is 27.5 Å². The zero-order valence-corrected chi connectivity index (χ0v) is 12.1. The molecule has 5 heteroatoms. The number of aryl methyl sites for hydroxylation is 1. The van der Waals surface area contributed by atoms with Gasteiger partial charge in [-0.3, -0.25) is 4.79 Å². The number of piperazine rings is 1. The Hall–Kier alpha value is -1.07. The molecule has 1 aliphatic heterocycles. The van der Waals surface area contributed by atoms with Gasteiger partial charge in [0.2, 0.25) is 5.91 Å². The molecule has 2 rings (SSSR count). The summed E-state index contributed by atoms with van der Waals surface area (Å²) in [5, 5.41) is 12.2. The lowest BCUT2D eigenvalue weighted by Gasteiger charge is -2.41. The minimum Gasteiger partial charge on any atom is -0.394 e. The number of carbonyl (C=O) groups excluding carboxylic acids is 1. The topological polar surface area (TPSA) is 52.6 Å². The number of amides is 1. The van der Waals surface area contributed by atoms with Crippen LogP contribution in [0.1, 0.15) is 12.5 Å².